The Balaban J connectivity index is 2.20. The predicted octanol–water partition coefficient (Wildman–Crippen LogP) is 2.23. The van der Waals surface area contributed by atoms with Crippen molar-refractivity contribution in [2.24, 2.45) is 0 Å². The molecule has 1 aromatic carbocycles. The fourth-order valence-corrected chi connectivity index (χ4v) is 4.96. The third-order valence-corrected chi connectivity index (χ3v) is 6.51. The van der Waals surface area contributed by atoms with Crippen molar-refractivity contribution in [2.75, 3.05) is 31.1 Å². The Hall–Kier alpha value is -0.560. The lowest BCUT2D eigenvalue weighted by Crippen LogP contribution is -2.37. The molecule has 1 saturated heterocycles. The van der Waals surface area contributed by atoms with Crippen molar-refractivity contribution in [1.82, 2.24) is 9.62 Å². The molecule has 6 heteroatoms. The second-order valence-electron chi connectivity index (χ2n) is 5.28. The zero-order valence-electron chi connectivity index (χ0n) is 12.8. The van der Waals surface area contributed by atoms with E-state index in [1.54, 1.807) is 10.4 Å². The first kappa shape index (κ1) is 16.8. The predicted molar refractivity (Wildman–Crippen MR) is 89.3 cm³/mol. The van der Waals surface area contributed by atoms with E-state index >= 15 is 0 Å². The maximum Gasteiger partial charge on any atom is 0.243 e. The molecule has 0 spiro atoms. The first-order chi connectivity index (χ1) is 10.1. The Bertz CT molecular complexity index is 567. The summed E-state index contributed by atoms with van der Waals surface area (Å²) in [5.74, 6) is 1.77. The largest absolute Gasteiger partial charge is 0.313 e. The molecule has 1 aliphatic rings. The van der Waals surface area contributed by atoms with Crippen LogP contribution in [0.5, 0.6) is 0 Å². The molecule has 2 rings (SSSR count). The number of thioether (sulfide) groups is 1. The Kier molecular flexibility index (Phi) is 6.10. The monoisotopic (exact) mass is 328 g/mol. The van der Waals surface area contributed by atoms with Crippen molar-refractivity contribution in [3.63, 3.8) is 0 Å². The minimum atomic E-state index is -3.34. The molecular formula is C15H24N2O2S2. The van der Waals surface area contributed by atoms with Crippen LogP contribution in [0.25, 0.3) is 0 Å². The fourth-order valence-electron chi connectivity index (χ4n) is 2.33. The van der Waals surface area contributed by atoms with E-state index in [2.05, 4.69) is 12.2 Å². The van der Waals surface area contributed by atoms with Gasteiger partial charge in [-0.2, -0.15) is 16.1 Å². The molecule has 0 bridgehead atoms. The van der Waals surface area contributed by atoms with E-state index in [1.165, 1.54) is 0 Å². The number of benzene rings is 1. The normalized spacial score (nSPS) is 17.0. The highest BCUT2D eigenvalue weighted by atomic mass is 32.2. The molecule has 0 amide bonds. The van der Waals surface area contributed by atoms with Crippen molar-refractivity contribution in [1.29, 1.82) is 0 Å². The zero-order chi connectivity index (χ0) is 15.3. The van der Waals surface area contributed by atoms with Crippen LogP contribution < -0.4 is 5.32 Å². The summed E-state index contributed by atoms with van der Waals surface area (Å²) in [4.78, 5) is 0.424. The van der Waals surface area contributed by atoms with Gasteiger partial charge in [0.25, 0.3) is 0 Å². The van der Waals surface area contributed by atoms with Crippen LogP contribution in [0.4, 0.5) is 0 Å². The molecule has 1 N–H and O–H groups in total. The molecular weight excluding hydrogens is 304 g/mol. The number of hydrogen-bond donors (Lipinski definition) is 1. The molecule has 0 radical (unpaired) electrons. The summed E-state index contributed by atoms with van der Waals surface area (Å²) in [6.45, 7) is 7.04. The van der Waals surface area contributed by atoms with Gasteiger partial charge in [0.15, 0.2) is 0 Å². The Morgan fingerprint density at radius 1 is 1.29 bits per heavy atom. The lowest BCUT2D eigenvalue weighted by molar-refractivity contribution is 0.443. The summed E-state index contributed by atoms with van der Waals surface area (Å²) in [5.41, 5.74) is 2.20. The number of rotatable bonds is 6. The minimum Gasteiger partial charge on any atom is -0.313 e. The molecule has 21 heavy (non-hydrogen) atoms. The van der Waals surface area contributed by atoms with Gasteiger partial charge in [0.1, 0.15) is 0 Å². The van der Waals surface area contributed by atoms with Crippen molar-refractivity contribution < 1.29 is 8.42 Å². The summed E-state index contributed by atoms with van der Waals surface area (Å²) >= 11 is 1.81. The van der Waals surface area contributed by atoms with Crippen molar-refractivity contribution >= 4 is 21.8 Å². The summed E-state index contributed by atoms with van der Waals surface area (Å²) in [5, 5.41) is 3.34. The molecule has 1 aromatic rings. The van der Waals surface area contributed by atoms with Crippen LogP contribution in [0.1, 0.15) is 24.5 Å². The van der Waals surface area contributed by atoms with E-state index in [9.17, 15) is 8.42 Å². The number of aryl methyl sites for hydroxylation is 1. The highest BCUT2D eigenvalue weighted by Crippen LogP contribution is 2.22. The molecule has 0 unspecified atom stereocenters. The quantitative estimate of drug-likeness (QED) is 0.814. The molecule has 118 valence electrons. The number of nitrogens with one attached hydrogen (secondary N) is 1. The SMILES string of the molecule is CCCNCc1cc(S(=O)(=O)N2CCSCC2)ccc1C. The van der Waals surface area contributed by atoms with Crippen LogP contribution in [-0.4, -0.2) is 43.9 Å². The lowest BCUT2D eigenvalue weighted by atomic mass is 10.1. The zero-order valence-corrected chi connectivity index (χ0v) is 14.4. The standard InChI is InChI=1S/C15H24N2O2S2/c1-3-6-16-12-14-11-15(5-4-13(14)2)21(18,19)17-7-9-20-10-8-17/h4-5,11,16H,3,6-10,12H2,1-2H3. The van der Waals surface area contributed by atoms with Gasteiger partial charge in [-0.05, 0) is 43.1 Å². The van der Waals surface area contributed by atoms with Gasteiger partial charge >= 0.3 is 0 Å². The Labute approximate surface area is 132 Å². The van der Waals surface area contributed by atoms with E-state index in [1.807, 2.05) is 30.8 Å². The van der Waals surface area contributed by atoms with Crippen LogP contribution in [0.2, 0.25) is 0 Å². The van der Waals surface area contributed by atoms with E-state index in [0.29, 0.717) is 18.0 Å². The van der Waals surface area contributed by atoms with Crippen LogP contribution in [0, 0.1) is 6.92 Å². The molecule has 0 aromatic heterocycles. The van der Waals surface area contributed by atoms with Crippen LogP contribution in [-0.2, 0) is 16.6 Å². The van der Waals surface area contributed by atoms with Crippen molar-refractivity contribution in [3.8, 4) is 0 Å². The molecule has 1 heterocycles. The lowest BCUT2D eigenvalue weighted by Gasteiger charge is -2.26. The third-order valence-electron chi connectivity index (χ3n) is 3.67. The summed E-state index contributed by atoms with van der Waals surface area (Å²) in [7, 11) is -3.34. The molecule has 0 saturated carbocycles. The smallest absolute Gasteiger partial charge is 0.243 e. The van der Waals surface area contributed by atoms with Gasteiger partial charge in [-0.25, -0.2) is 8.42 Å². The summed E-state index contributed by atoms with van der Waals surface area (Å²) in [6.07, 6.45) is 1.07. The van der Waals surface area contributed by atoms with Crippen LogP contribution >= 0.6 is 11.8 Å². The Morgan fingerprint density at radius 3 is 2.67 bits per heavy atom. The summed E-state index contributed by atoms with van der Waals surface area (Å²) < 4.78 is 27.0. The van der Waals surface area contributed by atoms with E-state index in [4.69, 9.17) is 0 Å². The Morgan fingerprint density at radius 2 is 2.00 bits per heavy atom. The van der Waals surface area contributed by atoms with Gasteiger partial charge in [-0.15, -0.1) is 0 Å². The van der Waals surface area contributed by atoms with Gasteiger partial charge in [-0.1, -0.05) is 13.0 Å². The van der Waals surface area contributed by atoms with Crippen LogP contribution in [0.3, 0.4) is 0 Å². The van der Waals surface area contributed by atoms with Crippen LogP contribution in [0.15, 0.2) is 23.1 Å². The number of hydrogen-bond acceptors (Lipinski definition) is 4. The number of nitrogens with zero attached hydrogens (tertiary/aromatic N) is 1. The highest BCUT2D eigenvalue weighted by molar-refractivity contribution is 7.99. The van der Waals surface area contributed by atoms with Gasteiger partial charge in [-0.3, -0.25) is 0 Å². The molecule has 0 aliphatic carbocycles. The van der Waals surface area contributed by atoms with E-state index < -0.39 is 10.0 Å². The average Bonchev–Trinajstić information content (AvgIpc) is 2.50. The van der Waals surface area contributed by atoms with Gasteiger partial charge in [0.2, 0.25) is 10.0 Å². The van der Waals surface area contributed by atoms with Gasteiger partial charge in [0, 0.05) is 31.1 Å². The average molecular weight is 329 g/mol. The molecule has 4 nitrogen and oxygen atoms in total. The maximum absolute atomic E-state index is 12.7. The first-order valence-corrected chi connectivity index (χ1v) is 10.0. The van der Waals surface area contributed by atoms with Gasteiger partial charge < -0.3 is 5.32 Å². The second kappa shape index (κ2) is 7.63. The van der Waals surface area contributed by atoms with Crippen molar-refractivity contribution in [3.05, 3.63) is 29.3 Å². The number of sulfonamides is 1. The second-order valence-corrected chi connectivity index (χ2v) is 8.44. The third kappa shape index (κ3) is 4.22. The van der Waals surface area contributed by atoms with Crippen molar-refractivity contribution in [2.45, 2.75) is 31.7 Å². The topological polar surface area (TPSA) is 49.4 Å². The van der Waals surface area contributed by atoms with Gasteiger partial charge in [0.05, 0.1) is 4.90 Å². The molecule has 1 aliphatic heterocycles. The van der Waals surface area contributed by atoms with E-state index in [-0.39, 0.29) is 0 Å². The minimum absolute atomic E-state index is 0.424. The van der Waals surface area contributed by atoms with E-state index in [0.717, 1.165) is 42.1 Å². The maximum atomic E-state index is 12.7. The fraction of sp³-hybridized carbons (Fsp3) is 0.600. The summed E-state index contributed by atoms with van der Waals surface area (Å²) in [6, 6.07) is 5.47. The highest BCUT2D eigenvalue weighted by Gasteiger charge is 2.26. The first-order valence-electron chi connectivity index (χ1n) is 7.44. The molecule has 0 atom stereocenters. The molecule has 1 fully saturated rings.